The number of nitrogen functional groups attached to an aromatic ring is 1. The van der Waals surface area contributed by atoms with Gasteiger partial charge >= 0.3 is 5.97 Å². The summed E-state index contributed by atoms with van der Waals surface area (Å²) in [6.45, 7) is 3.58. The molecule has 1 unspecified atom stereocenters. The predicted molar refractivity (Wildman–Crippen MR) is 70.3 cm³/mol. The Balaban J connectivity index is 2.15. The maximum atomic E-state index is 11.6. The fourth-order valence-corrected chi connectivity index (χ4v) is 2.45. The number of hydrogen-bond donors (Lipinski definition) is 1. The summed E-state index contributed by atoms with van der Waals surface area (Å²) in [6, 6.07) is 1.91. The van der Waals surface area contributed by atoms with Crippen molar-refractivity contribution in [1.29, 1.82) is 0 Å². The summed E-state index contributed by atoms with van der Waals surface area (Å²) >= 11 is 0. The Morgan fingerprint density at radius 1 is 1.61 bits per heavy atom. The maximum Gasteiger partial charge on any atom is 0.310 e. The van der Waals surface area contributed by atoms with E-state index in [1.807, 2.05) is 13.0 Å². The van der Waals surface area contributed by atoms with E-state index in [1.54, 1.807) is 6.20 Å². The number of ether oxygens (including phenoxy) is 1. The number of carbonyl (C=O) groups is 1. The van der Waals surface area contributed by atoms with Crippen molar-refractivity contribution < 1.29 is 9.53 Å². The summed E-state index contributed by atoms with van der Waals surface area (Å²) in [6.07, 6.45) is 3.52. The van der Waals surface area contributed by atoms with Gasteiger partial charge in [-0.3, -0.25) is 4.79 Å². The minimum absolute atomic E-state index is 0.0532. The zero-order valence-electron chi connectivity index (χ0n) is 10.8. The molecule has 0 saturated carbocycles. The van der Waals surface area contributed by atoms with Crippen LogP contribution in [0.5, 0.6) is 0 Å². The normalized spacial score (nSPS) is 19.7. The quantitative estimate of drug-likeness (QED) is 0.801. The van der Waals surface area contributed by atoms with Crippen molar-refractivity contribution in [3.63, 3.8) is 0 Å². The highest BCUT2D eigenvalue weighted by Gasteiger charge is 2.27. The molecule has 1 aliphatic heterocycles. The molecule has 0 radical (unpaired) electrons. The molecule has 18 heavy (non-hydrogen) atoms. The van der Waals surface area contributed by atoms with E-state index in [9.17, 15) is 4.79 Å². The van der Waals surface area contributed by atoms with Crippen molar-refractivity contribution in [2.75, 3.05) is 30.8 Å². The van der Waals surface area contributed by atoms with Crippen LogP contribution in [0.15, 0.2) is 12.3 Å². The molecular formula is C13H19N3O2. The van der Waals surface area contributed by atoms with E-state index in [0.717, 1.165) is 30.8 Å². The summed E-state index contributed by atoms with van der Waals surface area (Å²) in [5.74, 6) is 0.730. The summed E-state index contributed by atoms with van der Waals surface area (Å²) in [7, 11) is 1.44. The van der Waals surface area contributed by atoms with E-state index in [1.165, 1.54) is 7.11 Å². The number of nitrogens with two attached hydrogens (primary N) is 1. The number of methoxy groups -OCH3 is 1. The van der Waals surface area contributed by atoms with Crippen molar-refractivity contribution in [2.24, 2.45) is 5.92 Å². The van der Waals surface area contributed by atoms with Crippen LogP contribution in [0, 0.1) is 12.8 Å². The summed E-state index contributed by atoms with van der Waals surface area (Å²) < 4.78 is 4.82. The summed E-state index contributed by atoms with van der Waals surface area (Å²) in [5, 5.41) is 0. The van der Waals surface area contributed by atoms with Crippen LogP contribution in [-0.4, -0.2) is 31.2 Å². The van der Waals surface area contributed by atoms with E-state index < -0.39 is 0 Å². The van der Waals surface area contributed by atoms with Gasteiger partial charge in [0, 0.05) is 13.1 Å². The molecule has 98 valence electrons. The van der Waals surface area contributed by atoms with Gasteiger partial charge in [0.2, 0.25) is 0 Å². The first-order chi connectivity index (χ1) is 8.61. The van der Waals surface area contributed by atoms with Crippen LogP contribution in [0.1, 0.15) is 18.4 Å². The lowest BCUT2D eigenvalue weighted by Crippen LogP contribution is -2.40. The van der Waals surface area contributed by atoms with Crippen molar-refractivity contribution in [3.05, 3.63) is 17.8 Å². The van der Waals surface area contributed by atoms with Crippen LogP contribution in [0.25, 0.3) is 0 Å². The number of aromatic nitrogens is 1. The molecule has 1 aromatic rings. The first-order valence-electron chi connectivity index (χ1n) is 6.16. The van der Waals surface area contributed by atoms with E-state index in [4.69, 9.17) is 10.5 Å². The Morgan fingerprint density at radius 3 is 3.06 bits per heavy atom. The third-order valence-electron chi connectivity index (χ3n) is 3.33. The number of aryl methyl sites for hydroxylation is 1. The fourth-order valence-electron chi connectivity index (χ4n) is 2.45. The first kappa shape index (κ1) is 12.7. The Hall–Kier alpha value is -1.78. The second kappa shape index (κ2) is 5.25. The Morgan fingerprint density at radius 2 is 2.39 bits per heavy atom. The van der Waals surface area contributed by atoms with Gasteiger partial charge in [0.1, 0.15) is 5.82 Å². The van der Waals surface area contributed by atoms with Crippen molar-refractivity contribution in [3.8, 4) is 0 Å². The van der Waals surface area contributed by atoms with Crippen LogP contribution in [0.4, 0.5) is 11.5 Å². The summed E-state index contributed by atoms with van der Waals surface area (Å²) in [4.78, 5) is 18.1. The van der Waals surface area contributed by atoms with Gasteiger partial charge in [0.15, 0.2) is 0 Å². The van der Waals surface area contributed by atoms with Crippen molar-refractivity contribution >= 4 is 17.5 Å². The third kappa shape index (κ3) is 2.55. The Kier molecular flexibility index (Phi) is 3.69. The molecule has 0 bridgehead atoms. The fraction of sp³-hybridized carbons (Fsp3) is 0.538. The molecule has 1 aliphatic rings. The second-order valence-electron chi connectivity index (χ2n) is 4.72. The third-order valence-corrected chi connectivity index (χ3v) is 3.33. The van der Waals surface area contributed by atoms with Crippen LogP contribution >= 0.6 is 0 Å². The van der Waals surface area contributed by atoms with E-state index >= 15 is 0 Å². The zero-order chi connectivity index (χ0) is 13.1. The molecule has 0 aromatic carbocycles. The minimum atomic E-state index is -0.132. The number of piperidine rings is 1. The number of rotatable bonds is 2. The van der Waals surface area contributed by atoms with Gasteiger partial charge < -0.3 is 15.4 Å². The maximum absolute atomic E-state index is 11.6. The summed E-state index contributed by atoms with van der Waals surface area (Å²) in [5.41, 5.74) is 7.41. The smallest absolute Gasteiger partial charge is 0.310 e. The topological polar surface area (TPSA) is 68.5 Å². The minimum Gasteiger partial charge on any atom is -0.469 e. The molecule has 2 heterocycles. The van der Waals surface area contributed by atoms with Crippen molar-refractivity contribution in [1.82, 2.24) is 4.98 Å². The van der Waals surface area contributed by atoms with E-state index in [2.05, 4.69) is 9.88 Å². The lowest BCUT2D eigenvalue weighted by Gasteiger charge is -2.33. The predicted octanol–water partition coefficient (Wildman–Crippen LogP) is 1.36. The molecule has 1 atom stereocenters. The molecule has 5 nitrogen and oxygen atoms in total. The largest absolute Gasteiger partial charge is 0.469 e. The molecule has 2 rings (SSSR count). The number of hydrogen-bond acceptors (Lipinski definition) is 5. The van der Waals surface area contributed by atoms with Crippen LogP contribution < -0.4 is 10.6 Å². The van der Waals surface area contributed by atoms with Gasteiger partial charge in [0.05, 0.1) is 24.9 Å². The van der Waals surface area contributed by atoms with Gasteiger partial charge in [0.25, 0.3) is 0 Å². The molecule has 1 saturated heterocycles. The molecule has 0 spiro atoms. The lowest BCUT2D eigenvalue weighted by molar-refractivity contribution is -0.145. The molecule has 1 fully saturated rings. The Bertz CT molecular complexity index is 448. The van der Waals surface area contributed by atoms with Crippen LogP contribution in [-0.2, 0) is 9.53 Å². The SMILES string of the molecule is COC(=O)C1CCCN(c2ncc(N)cc2C)C1. The van der Waals surface area contributed by atoms with E-state index in [0.29, 0.717) is 12.2 Å². The van der Waals surface area contributed by atoms with Gasteiger partial charge in [-0.2, -0.15) is 0 Å². The number of esters is 1. The average molecular weight is 249 g/mol. The lowest BCUT2D eigenvalue weighted by atomic mass is 9.98. The monoisotopic (exact) mass is 249 g/mol. The number of carbonyl (C=O) groups excluding carboxylic acids is 1. The molecule has 0 aliphatic carbocycles. The van der Waals surface area contributed by atoms with Gasteiger partial charge in [-0.15, -0.1) is 0 Å². The van der Waals surface area contributed by atoms with Crippen LogP contribution in [0.2, 0.25) is 0 Å². The highest BCUT2D eigenvalue weighted by molar-refractivity contribution is 5.73. The molecular weight excluding hydrogens is 230 g/mol. The van der Waals surface area contributed by atoms with Gasteiger partial charge in [-0.05, 0) is 31.4 Å². The standard InChI is InChI=1S/C13H19N3O2/c1-9-6-11(14)7-15-12(9)16-5-3-4-10(8-16)13(17)18-2/h6-7,10H,3-5,8,14H2,1-2H3. The first-order valence-corrected chi connectivity index (χ1v) is 6.16. The zero-order valence-corrected chi connectivity index (χ0v) is 10.8. The molecule has 0 amide bonds. The second-order valence-corrected chi connectivity index (χ2v) is 4.72. The van der Waals surface area contributed by atoms with E-state index in [-0.39, 0.29) is 11.9 Å². The highest BCUT2D eigenvalue weighted by atomic mass is 16.5. The van der Waals surface area contributed by atoms with Gasteiger partial charge in [-0.25, -0.2) is 4.98 Å². The number of pyridine rings is 1. The van der Waals surface area contributed by atoms with Crippen molar-refractivity contribution in [2.45, 2.75) is 19.8 Å². The van der Waals surface area contributed by atoms with Crippen LogP contribution in [0.3, 0.4) is 0 Å². The number of nitrogens with zero attached hydrogens (tertiary/aromatic N) is 2. The highest BCUT2D eigenvalue weighted by Crippen LogP contribution is 2.25. The molecule has 5 heteroatoms. The average Bonchev–Trinajstić information content (AvgIpc) is 2.38. The Labute approximate surface area is 107 Å². The van der Waals surface area contributed by atoms with Gasteiger partial charge in [-0.1, -0.05) is 0 Å². The molecule has 1 aromatic heterocycles. The number of anilines is 2. The molecule has 2 N–H and O–H groups in total.